The van der Waals surface area contributed by atoms with E-state index in [0.29, 0.717) is 27.6 Å². The number of hydrogen-bond acceptors (Lipinski definition) is 2. The monoisotopic (exact) mass is 468 g/mol. The Morgan fingerprint density at radius 2 is 1.56 bits per heavy atom. The van der Waals surface area contributed by atoms with Gasteiger partial charge in [-0.2, -0.15) is 0 Å². The van der Waals surface area contributed by atoms with Crippen molar-refractivity contribution in [3.8, 4) is 0 Å². The molecule has 0 spiro atoms. The molecule has 5 rings (SSSR count). The van der Waals surface area contributed by atoms with Gasteiger partial charge in [0.1, 0.15) is 0 Å². The molecule has 0 aromatic carbocycles. The number of carbonyl (C=O) groups is 1. The highest BCUT2D eigenvalue weighted by molar-refractivity contribution is 5.78. The van der Waals surface area contributed by atoms with Crippen molar-refractivity contribution in [2.24, 2.45) is 56.2 Å². The van der Waals surface area contributed by atoms with Gasteiger partial charge in [-0.05, 0) is 115 Å². The van der Waals surface area contributed by atoms with Crippen LogP contribution < -0.4 is 0 Å². The Morgan fingerprint density at radius 1 is 0.882 bits per heavy atom. The highest BCUT2D eigenvalue weighted by Gasteiger charge is 2.69. The van der Waals surface area contributed by atoms with Crippen molar-refractivity contribution in [1.82, 2.24) is 0 Å². The standard InChI is InChI=1S/C32H52O2/c1-21-12-14-29(6)24(28(21,4)5)13-15-31(8)25(29)11-10-22-23-20-27(2,3)16-18-32(23,26(33)34-9)19-17-30(22,31)7/h10,21,23-25H,11-20H2,1-9H3/t21-,23-,24?,25?,29-,30-,31+,32-/m0/s1. The maximum Gasteiger partial charge on any atom is 0.312 e. The van der Waals surface area contributed by atoms with E-state index in [4.69, 9.17) is 4.74 Å². The van der Waals surface area contributed by atoms with Crippen molar-refractivity contribution in [1.29, 1.82) is 0 Å². The van der Waals surface area contributed by atoms with E-state index in [1.165, 1.54) is 32.1 Å². The number of fused-ring (bicyclic) bond motifs is 7. The smallest absolute Gasteiger partial charge is 0.312 e. The summed E-state index contributed by atoms with van der Waals surface area (Å²) in [6.07, 6.45) is 14.8. The van der Waals surface area contributed by atoms with Gasteiger partial charge in [0.15, 0.2) is 0 Å². The Hall–Kier alpha value is -0.790. The molecule has 0 aromatic heterocycles. The molecule has 0 N–H and O–H groups in total. The first-order chi connectivity index (χ1) is 15.7. The molecule has 192 valence electrons. The first-order valence-electron chi connectivity index (χ1n) is 14.5. The lowest BCUT2D eigenvalue weighted by atomic mass is 9.33. The van der Waals surface area contributed by atoms with E-state index in [-0.39, 0.29) is 16.8 Å². The maximum absolute atomic E-state index is 13.4. The molecule has 8 atom stereocenters. The maximum atomic E-state index is 13.4. The van der Waals surface area contributed by atoms with Gasteiger partial charge in [0, 0.05) is 0 Å². The highest BCUT2D eigenvalue weighted by atomic mass is 16.5. The van der Waals surface area contributed by atoms with Gasteiger partial charge in [-0.1, -0.05) is 67.0 Å². The van der Waals surface area contributed by atoms with Crippen LogP contribution in [0.3, 0.4) is 0 Å². The number of rotatable bonds is 1. The molecular weight excluding hydrogens is 416 g/mol. The summed E-state index contributed by atoms with van der Waals surface area (Å²) in [6.45, 7) is 20.5. The number of hydrogen-bond donors (Lipinski definition) is 0. The highest BCUT2D eigenvalue weighted by Crippen LogP contribution is 2.76. The van der Waals surface area contributed by atoms with Gasteiger partial charge in [-0.3, -0.25) is 4.79 Å². The van der Waals surface area contributed by atoms with Crippen LogP contribution in [0.5, 0.6) is 0 Å². The third-order valence-corrected chi connectivity index (χ3v) is 13.8. The zero-order chi connectivity index (χ0) is 24.9. The van der Waals surface area contributed by atoms with Crippen LogP contribution in [0.25, 0.3) is 0 Å². The molecule has 4 saturated carbocycles. The van der Waals surface area contributed by atoms with E-state index in [1.807, 2.05) is 0 Å². The summed E-state index contributed by atoms with van der Waals surface area (Å²) < 4.78 is 5.52. The van der Waals surface area contributed by atoms with Gasteiger partial charge in [-0.15, -0.1) is 0 Å². The van der Waals surface area contributed by atoms with Crippen molar-refractivity contribution < 1.29 is 9.53 Å². The molecule has 2 nitrogen and oxygen atoms in total. The Labute approximate surface area is 210 Å². The van der Waals surface area contributed by atoms with E-state index >= 15 is 0 Å². The zero-order valence-electron chi connectivity index (χ0n) is 23.8. The summed E-state index contributed by atoms with van der Waals surface area (Å²) in [5.74, 6) is 2.82. The fraction of sp³-hybridized carbons (Fsp3) is 0.906. The molecule has 0 bridgehead atoms. The lowest BCUT2D eigenvalue weighted by Crippen LogP contribution is -2.64. The molecule has 5 aliphatic carbocycles. The van der Waals surface area contributed by atoms with E-state index in [9.17, 15) is 4.79 Å². The fourth-order valence-corrected chi connectivity index (χ4v) is 11.0. The van der Waals surface area contributed by atoms with Crippen LogP contribution in [0.4, 0.5) is 0 Å². The molecular formula is C32H52O2. The van der Waals surface area contributed by atoms with Crippen LogP contribution in [0.1, 0.15) is 120 Å². The van der Waals surface area contributed by atoms with Gasteiger partial charge in [-0.25, -0.2) is 0 Å². The van der Waals surface area contributed by atoms with Crippen LogP contribution in [0.2, 0.25) is 0 Å². The minimum Gasteiger partial charge on any atom is -0.469 e. The molecule has 34 heavy (non-hydrogen) atoms. The normalized spacial score (nSPS) is 51.1. The SMILES string of the molecule is COC(=O)[C@]12CCC(C)(C)C[C@H]1C1=CCC3[C@@]4(C)CC[C@H](C)C(C)(C)C4CC[C@@]3(C)[C@@]1(C)CC2. The quantitative estimate of drug-likeness (QED) is 0.284. The van der Waals surface area contributed by atoms with Crippen molar-refractivity contribution in [2.75, 3.05) is 7.11 Å². The molecule has 0 heterocycles. The number of esters is 1. The molecule has 0 radical (unpaired) electrons. The Balaban J connectivity index is 1.60. The molecule has 5 aliphatic rings. The largest absolute Gasteiger partial charge is 0.469 e. The predicted molar refractivity (Wildman–Crippen MR) is 140 cm³/mol. The molecule has 4 fully saturated rings. The average Bonchev–Trinajstić information content (AvgIpc) is 2.76. The van der Waals surface area contributed by atoms with Gasteiger partial charge < -0.3 is 4.74 Å². The summed E-state index contributed by atoms with van der Waals surface area (Å²) in [4.78, 5) is 13.4. The number of carbonyl (C=O) groups excluding carboxylic acids is 1. The van der Waals surface area contributed by atoms with Crippen LogP contribution >= 0.6 is 0 Å². The van der Waals surface area contributed by atoms with Crippen LogP contribution in [0.15, 0.2) is 11.6 Å². The summed E-state index contributed by atoms with van der Waals surface area (Å²) in [5.41, 5.74) is 3.04. The topological polar surface area (TPSA) is 26.3 Å². The average molecular weight is 469 g/mol. The second kappa shape index (κ2) is 7.38. The molecule has 0 aliphatic heterocycles. The summed E-state index contributed by atoms with van der Waals surface area (Å²) in [7, 11) is 1.61. The van der Waals surface area contributed by atoms with Gasteiger partial charge in [0.25, 0.3) is 0 Å². The minimum atomic E-state index is -0.290. The molecule has 2 unspecified atom stereocenters. The minimum absolute atomic E-state index is 0.0712. The van der Waals surface area contributed by atoms with Crippen LogP contribution in [-0.4, -0.2) is 13.1 Å². The number of allylic oxidation sites excluding steroid dienone is 2. The third kappa shape index (κ3) is 2.95. The third-order valence-electron chi connectivity index (χ3n) is 13.8. The van der Waals surface area contributed by atoms with E-state index < -0.39 is 0 Å². The van der Waals surface area contributed by atoms with Gasteiger partial charge >= 0.3 is 5.97 Å². The van der Waals surface area contributed by atoms with Crippen molar-refractivity contribution in [3.05, 3.63) is 11.6 Å². The van der Waals surface area contributed by atoms with Crippen molar-refractivity contribution >= 4 is 5.97 Å². The first kappa shape index (κ1) is 24.9. The Bertz CT molecular complexity index is 897. The number of ether oxygens (including phenoxy) is 1. The van der Waals surface area contributed by atoms with Gasteiger partial charge in [0.05, 0.1) is 12.5 Å². The van der Waals surface area contributed by atoms with E-state index in [0.717, 1.165) is 49.9 Å². The Morgan fingerprint density at radius 3 is 2.24 bits per heavy atom. The molecule has 0 amide bonds. The molecule has 0 saturated heterocycles. The molecule has 0 aromatic rings. The summed E-state index contributed by atoms with van der Waals surface area (Å²) >= 11 is 0. The second-order valence-corrected chi connectivity index (χ2v) is 15.6. The lowest BCUT2D eigenvalue weighted by molar-refractivity contribution is -0.196. The van der Waals surface area contributed by atoms with Gasteiger partial charge in [0.2, 0.25) is 0 Å². The predicted octanol–water partition coefficient (Wildman–Crippen LogP) is 8.60. The Kier molecular flexibility index (Phi) is 5.40. The zero-order valence-corrected chi connectivity index (χ0v) is 23.8. The van der Waals surface area contributed by atoms with E-state index in [1.54, 1.807) is 12.7 Å². The van der Waals surface area contributed by atoms with Crippen LogP contribution in [0, 0.1) is 56.2 Å². The summed E-state index contributed by atoms with van der Waals surface area (Å²) in [6, 6.07) is 0. The van der Waals surface area contributed by atoms with E-state index in [2.05, 4.69) is 61.5 Å². The lowest BCUT2D eigenvalue weighted by Gasteiger charge is -2.71. The fourth-order valence-electron chi connectivity index (χ4n) is 11.0. The summed E-state index contributed by atoms with van der Waals surface area (Å²) in [5, 5.41) is 0. The van der Waals surface area contributed by atoms with Crippen molar-refractivity contribution in [3.63, 3.8) is 0 Å². The van der Waals surface area contributed by atoms with Crippen LogP contribution in [-0.2, 0) is 9.53 Å². The van der Waals surface area contributed by atoms with Crippen molar-refractivity contribution in [2.45, 2.75) is 120 Å². The second-order valence-electron chi connectivity index (χ2n) is 15.6. The molecule has 2 heteroatoms. The number of methoxy groups -OCH3 is 1. The first-order valence-corrected chi connectivity index (χ1v) is 14.5.